The number of aromatic nitrogens is 3. The van der Waals surface area contributed by atoms with Gasteiger partial charge in [-0.25, -0.2) is 13.2 Å². The van der Waals surface area contributed by atoms with Crippen molar-refractivity contribution in [1.29, 1.82) is 0 Å². The van der Waals surface area contributed by atoms with Crippen LogP contribution < -0.4 is 0 Å². The predicted molar refractivity (Wildman–Crippen MR) is 116 cm³/mol. The number of aryl methyl sites for hydroxylation is 1. The summed E-state index contributed by atoms with van der Waals surface area (Å²) >= 11 is 0. The van der Waals surface area contributed by atoms with Gasteiger partial charge < -0.3 is 9.30 Å². The highest BCUT2D eigenvalue weighted by Crippen LogP contribution is 2.45. The second-order valence-electron chi connectivity index (χ2n) is 8.86. The van der Waals surface area contributed by atoms with Gasteiger partial charge in [-0.15, -0.1) is 0 Å². The lowest BCUT2D eigenvalue weighted by atomic mass is 9.81. The Balaban J connectivity index is 1.43. The summed E-state index contributed by atoms with van der Waals surface area (Å²) in [6, 6.07) is 9.38. The molecule has 0 N–H and O–H groups in total. The zero-order chi connectivity index (χ0) is 22.9. The Morgan fingerprint density at radius 2 is 1.85 bits per heavy atom. The Kier molecular flexibility index (Phi) is 4.40. The van der Waals surface area contributed by atoms with Crippen LogP contribution in [-0.4, -0.2) is 31.0 Å². The highest BCUT2D eigenvalue weighted by Gasteiger charge is 2.43. The molecule has 168 valence electrons. The number of carbonyl (C=O) groups excluding carboxylic acids is 1. The zero-order valence-electron chi connectivity index (χ0n) is 17.9. The molecule has 6 rings (SSSR count). The van der Waals surface area contributed by atoms with Crippen LogP contribution in [0.25, 0.3) is 16.8 Å². The first-order valence-electron chi connectivity index (χ1n) is 11.0. The fourth-order valence-electron chi connectivity index (χ4n) is 5.52. The van der Waals surface area contributed by atoms with Gasteiger partial charge in [0.15, 0.2) is 17.5 Å². The van der Waals surface area contributed by atoms with Crippen LogP contribution in [0.5, 0.6) is 0 Å². The monoisotopic (exact) mass is 450 g/mol. The fourth-order valence-corrected chi connectivity index (χ4v) is 5.52. The van der Waals surface area contributed by atoms with Crippen LogP contribution in [0.3, 0.4) is 0 Å². The molecule has 4 aromatic rings. The van der Waals surface area contributed by atoms with Crippen LogP contribution in [-0.2, 0) is 13.5 Å². The van der Waals surface area contributed by atoms with Crippen molar-refractivity contribution in [3.8, 4) is 11.3 Å². The Morgan fingerprint density at radius 3 is 2.64 bits per heavy atom. The maximum absolute atomic E-state index is 14.0. The van der Waals surface area contributed by atoms with Gasteiger partial charge in [0, 0.05) is 47.7 Å². The summed E-state index contributed by atoms with van der Waals surface area (Å²) in [6.07, 6.45) is 6.93. The van der Waals surface area contributed by atoms with Crippen molar-refractivity contribution in [1.82, 2.24) is 19.1 Å². The number of rotatable bonds is 2. The zero-order valence-corrected chi connectivity index (χ0v) is 17.9. The standard InChI is InChI=1S/C25H21F3N4O/c1-30-24(15-11-19(26)22(28)20(27)12-15)18-13-17-4-2-6-21(23(18)29-30)32(17)25(33)14-7-9-31-8-3-5-16(31)10-14/h3,5,7-12,17,21H,2,4,6,13H2,1H3/t17-,21+/m1/s1. The average Bonchev–Trinajstić information content (AvgIpc) is 3.39. The highest BCUT2D eigenvalue weighted by molar-refractivity contribution is 5.96. The maximum atomic E-state index is 14.0. The summed E-state index contributed by atoms with van der Waals surface area (Å²) in [5.74, 6) is -3.98. The van der Waals surface area contributed by atoms with E-state index in [1.165, 1.54) is 0 Å². The molecule has 2 aliphatic heterocycles. The molecule has 1 fully saturated rings. The van der Waals surface area contributed by atoms with Crippen molar-refractivity contribution < 1.29 is 18.0 Å². The number of benzene rings is 1. The Bertz CT molecular complexity index is 1400. The van der Waals surface area contributed by atoms with E-state index in [0.717, 1.165) is 48.2 Å². The van der Waals surface area contributed by atoms with Crippen molar-refractivity contribution in [2.75, 3.05) is 0 Å². The molecule has 0 aliphatic carbocycles. The third-order valence-corrected chi connectivity index (χ3v) is 6.94. The lowest BCUT2D eigenvalue weighted by Gasteiger charge is -2.45. The number of pyridine rings is 1. The van der Waals surface area contributed by atoms with Crippen molar-refractivity contribution in [2.45, 2.75) is 37.8 Å². The van der Waals surface area contributed by atoms with Crippen LogP contribution in [0.4, 0.5) is 13.2 Å². The number of hydrogen-bond donors (Lipinski definition) is 0. The minimum atomic E-state index is -1.48. The second kappa shape index (κ2) is 7.23. The molecule has 0 radical (unpaired) electrons. The third-order valence-electron chi connectivity index (χ3n) is 6.94. The quantitative estimate of drug-likeness (QED) is 0.401. The van der Waals surface area contributed by atoms with Crippen LogP contribution in [0.1, 0.15) is 46.9 Å². The van der Waals surface area contributed by atoms with Crippen molar-refractivity contribution in [3.63, 3.8) is 0 Å². The summed E-state index contributed by atoms with van der Waals surface area (Å²) < 4.78 is 45.0. The van der Waals surface area contributed by atoms with E-state index < -0.39 is 17.5 Å². The lowest BCUT2D eigenvalue weighted by Crippen LogP contribution is -2.49. The Labute approximate surface area is 188 Å². The number of fused-ring (bicyclic) bond motifs is 5. The largest absolute Gasteiger partial charge is 0.327 e. The van der Waals surface area contributed by atoms with E-state index >= 15 is 0 Å². The molecular formula is C25H21F3N4O. The minimum absolute atomic E-state index is 0.0369. The molecule has 5 nitrogen and oxygen atoms in total. The van der Waals surface area contributed by atoms with Gasteiger partial charge in [0.1, 0.15) is 0 Å². The molecule has 1 aromatic carbocycles. The highest BCUT2D eigenvalue weighted by atomic mass is 19.2. The lowest BCUT2D eigenvalue weighted by molar-refractivity contribution is 0.0392. The van der Waals surface area contributed by atoms with Gasteiger partial charge in [-0.2, -0.15) is 5.10 Å². The van der Waals surface area contributed by atoms with E-state index in [2.05, 4.69) is 5.10 Å². The molecule has 0 spiro atoms. The first kappa shape index (κ1) is 20.1. The van der Waals surface area contributed by atoms with E-state index in [0.29, 0.717) is 17.7 Å². The molecule has 1 amide bonds. The number of halogens is 3. The smallest absolute Gasteiger partial charge is 0.254 e. The number of hydrogen-bond acceptors (Lipinski definition) is 2. The van der Waals surface area contributed by atoms with Gasteiger partial charge in [0.2, 0.25) is 0 Å². The number of amides is 1. The summed E-state index contributed by atoms with van der Waals surface area (Å²) in [7, 11) is 1.71. The van der Waals surface area contributed by atoms with Crippen molar-refractivity contribution in [3.05, 3.63) is 83.1 Å². The van der Waals surface area contributed by atoms with Crippen LogP contribution in [0, 0.1) is 17.5 Å². The van der Waals surface area contributed by atoms with Gasteiger partial charge in [-0.1, -0.05) is 0 Å². The first-order chi connectivity index (χ1) is 15.9. The van der Waals surface area contributed by atoms with Crippen LogP contribution in [0.15, 0.2) is 48.8 Å². The molecule has 2 aliphatic rings. The molecule has 0 saturated carbocycles. The molecule has 8 heteroatoms. The molecular weight excluding hydrogens is 429 g/mol. The Morgan fingerprint density at radius 1 is 1.06 bits per heavy atom. The van der Waals surface area contributed by atoms with Gasteiger partial charge >= 0.3 is 0 Å². The normalized spacial score (nSPS) is 19.7. The Hall–Kier alpha value is -3.55. The number of nitrogens with zero attached hydrogens (tertiary/aromatic N) is 4. The van der Waals surface area contributed by atoms with Gasteiger partial charge in [0.25, 0.3) is 5.91 Å². The summed E-state index contributed by atoms with van der Waals surface area (Å²) in [4.78, 5) is 15.6. The second-order valence-corrected chi connectivity index (χ2v) is 8.86. The average molecular weight is 450 g/mol. The molecule has 33 heavy (non-hydrogen) atoms. The molecule has 2 bridgehead atoms. The van der Waals surface area contributed by atoms with Gasteiger partial charge in [-0.05, 0) is 62.1 Å². The molecule has 1 saturated heterocycles. The van der Waals surface area contributed by atoms with Gasteiger partial charge in [0.05, 0.1) is 17.4 Å². The predicted octanol–water partition coefficient (Wildman–Crippen LogP) is 5.05. The van der Waals surface area contributed by atoms with Gasteiger partial charge in [-0.3, -0.25) is 9.48 Å². The van der Waals surface area contributed by atoms with E-state index in [9.17, 15) is 18.0 Å². The molecule has 3 aromatic heterocycles. The van der Waals surface area contributed by atoms with E-state index in [1.807, 2.05) is 46.0 Å². The minimum Gasteiger partial charge on any atom is -0.327 e. The summed E-state index contributed by atoms with van der Waals surface area (Å²) in [6.45, 7) is 0. The van der Waals surface area contributed by atoms with E-state index in [-0.39, 0.29) is 23.6 Å². The number of piperidine rings is 1. The number of carbonyl (C=O) groups is 1. The fraction of sp³-hybridized carbons (Fsp3) is 0.280. The topological polar surface area (TPSA) is 42.5 Å². The van der Waals surface area contributed by atoms with E-state index in [4.69, 9.17) is 0 Å². The molecule has 2 atom stereocenters. The van der Waals surface area contributed by atoms with Crippen molar-refractivity contribution >= 4 is 11.4 Å². The molecule has 5 heterocycles. The summed E-state index contributed by atoms with van der Waals surface area (Å²) in [5.41, 5.74) is 4.03. The SMILES string of the molecule is Cn1nc2c(c1-c1cc(F)c(F)c(F)c1)C[C@H]1CCC[C@@H]2N1C(=O)c1ccn2cccc2c1. The maximum Gasteiger partial charge on any atom is 0.254 e. The first-order valence-corrected chi connectivity index (χ1v) is 11.0. The molecule has 0 unspecified atom stereocenters. The van der Waals surface area contributed by atoms with E-state index in [1.54, 1.807) is 11.7 Å². The summed E-state index contributed by atoms with van der Waals surface area (Å²) in [5, 5.41) is 4.68. The van der Waals surface area contributed by atoms with Crippen molar-refractivity contribution in [2.24, 2.45) is 7.05 Å². The van der Waals surface area contributed by atoms with Crippen LogP contribution >= 0.6 is 0 Å². The third kappa shape index (κ3) is 3.00. The van der Waals surface area contributed by atoms with Crippen LogP contribution in [0.2, 0.25) is 0 Å².